The molecule has 2 heteroatoms. The summed E-state index contributed by atoms with van der Waals surface area (Å²) >= 11 is 0. The molecule has 0 spiro atoms. The van der Waals surface area contributed by atoms with Crippen LogP contribution in [0, 0.1) is 23.7 Å². The van der Waals surface area contributed by atoms with E-state index in [2.05, 4.69) is 36.5 Å². The Hall–Kier alpha value is -0.660. The summed E-state index contributed by atoms with van der Waals surface area (Å²) in [6, 6.07) is 0. The zero-order chi connectivity index (χ0) is 17.0. The summed E-state index contributed by atoms with van der Waals surface area (Å²) < 4.78 is 0. The monoisotopic (exact) mass is 332 g/mol. The van der Waals surface area contributed by atoms with Crippen molar-refractivity contribution in [1.82, 2.24) is 0 Å². The third-order valence-electron chi connectivity index (χ3n) is 6.34. The standard InChI is InChI=1S/C22H40N2/c1-3-5-7-19-9-13-21(14-10-19)17-23-24-18-22-15-11-20(12-16-22)8-6-4-2/h17-22H,3-16H2,1-2H3. The SMILES string of the molecule is CCCCC1CCC(C=NN=CC2CCC(CCCC)CC2)CC1. The van der Waals surface area contributed by atoms with E-state index in [9.17, 15) is 0 Å². The number of hydrogen-bond donors (Lipinski definition) is 0. The third-order valence-corrected chi connectivity index (χ3v) is 6.34. The molecule has 2 aliphatic carbocycles. The zero-order valence-electron chi connectivity index (χ0n) is 16.3. The van der Waals surface area contributed by atoms with Crippen molar-refractivity contribution in [3.8, 4) is 0 Å². The Kier molecular flexibility index (Phi) is 9.68. The summed E-state index contributed by atoms with van der Waals surface area (Å²) in [6.07, 6.45) is 23.6. The number of nitrogens with zero attached hydrogens (tertiary/aromatic N) is 2. The molecule has 2 saturated carbocycles. The van der Waals surface area contributed by atoms with Crippen molar-refractivity contribution in [3.05, 3.63) is 0 Å². The minimum Gasteiger partial charge on any atom is -0.164 e. The lowest BCUT2D eigenvalue weighted by Crippen LogP contribution is -2.16. The van der Waals surface area contributed by atoms with Gasteiger partial charge in [0.15, 0.2) is 0 Å². The van der Waals surface area contributed by atoms with Crippen LogP contribution in [0.15, 0.2) is 10.2 Å². The lowest BCUT2D eigenvalue weighted by Gasteiger charge is -2.26. The van der Waals surface area contributed by atoms with Crippen molar-refractivity contribution < 1.29 is 0 Å². The summed E-state index contributed by atoms with van der Waals surface area (Å²) in [4.78, 5) is 0. The zero-order valence-corrected chi connectivity index (χ0v) is 16.3. The molecule has 0 aromatic heterocycles. The molecule has 0 unspecified atom stereocenters. The maximum absolute atomic E-state index is 4.39. The van der Waals surface area contributed by atoms with Crippen LogP contribution < -0.4 is 0 Å². The first-order valence-corrected chi connectivity index (χ1v) is 10.9. The van der Waals surface area contributed by atoms with Gasteiger partial charge in [-0.2, -0.15) is 10.2 Å². The first kappa shape index (κ1) is 19.7. The smallest absolute Gasteiger partial charge is 0.0301 e. The minimum atomic E-state index is 0.685. The minimum absolute atomic E-state index is 0.685. The molecule has 0 aromatic rings. The summed E-state index contributed by atoms with van der Waals surface area (Å²) in [7, 11) is 0. The molecule has 2 fully saturated rings. The molecule has 24 heavy (non-hydrogen) atoms. The van der Waals surface area contributed by atoms with E-state index in [1.54, 1.807) is 0 Å². The van der Waals surface area contributed by atoms with E-state index in [1.807, 2.05) is 0 Å². The van der Waals surface area contributed by atoms with Crippen LogP contribution in [0.5, 0.6) is 0 Å². The Bertz CT molecular complexity index is 322. The fourth-order valence-corrected chi connectivity index (χ4v) is 4.50. The predicted molar refractivity (Wildman–Crippen MR) is 107 cm³/mol. The number of hydrogen-bond acceptors (Lipinski definition) is 2. The van der Waals surface area contributed by atoms with E-state index < -0.39 is 0 Å². The van der Waals surface area contributed by atoms with E-state index in [0.29, 0.717) is 11.8 Å². The Morgan fingerprint density at radius 2 is 1.00 bits per heavy atom. The van der Waals surface area contributed by atoms with Gasteiger partial charge in [-0.3, -0.25) is 0 Å². The fourth-order valence-electron chi connectivity index (χ4n) is 4.50. The van der Waals surface area contributed by atoms with E-state index in [1.165, 1.54) is 89.9 Å². The van der Waals surface area contributed by atoms with Crippen LogP contribution in [-0.2, 0) is 0 Å². The van der Waals surface area contributed by atoms with Crippen molar-refractivity contribution in [2.45, 2.75) is 104 Å². The van der Waals surface area contributed by atoms with Gasteiger partial charge in [-0.15, -0.1) is 0 Å². The van der Waals surface area contributed by atoms with E-state index in [-0.39, 0.29) is 0 Å². The second-order valence-electron chi connectivity index (χ2n) is 8.38. The van der Waals surface area contributed by atoms with Crippen LogP contribution in [0.3, 0.4) is 0 Å². The molecule has 0 heterocycles. The summed E-state index contributed by atoms with van der Waals surface area (Å²) in [5.74, 6) is 3.34. The van der Waals surface area contributed by atoms with E-state index in [0.717, 1.165) is 11.8 Å². The topological polar surface area (TPSA) is 24.7 Å². The van der Waals surface area contributed by atoms with E-state index >= 15 is 0 Å². The molecule has 0 bridgehead atoms. The molecule has 0 N–H and O–H groups in total. The largest absolute Gasteiger partial charge is 0.164 e. The molecular formula is C22H40N2. The van der Waals surface area contributed by atoms with Crippen molar-refractivity contribution in [1.29, 1.82) is 0 Å². The average molecular weight is 333 g/mol. The molecular weight excluding hydrogens is 292 g/mol. The van der Waals surface area contributed by atoms with Gasteiger partial charge >= 0.3 is 0 Å². The second-order valence-corrected chi connectivity index (χ2v) is 8.38. The van der Waals surface area contributed by atoms with Gasteiger partial charge in [0.05, 0.1) is 0 Å². The van der Waals surface area contributed by atoms with Crippen molar-refractivity contribution in [3.63, 3.8) is 0 Å². The molecule has 2 aliphatic rings. The molecule has 0 aliphatic heterocycles. The fraction of sp³-hybridized carbons (Fsp3) is 0.909. The predicted octanol–water partition coefficient (Wildman–Crippen LogP) is 7.04. The van der Waals surface area contributed by atoms with Crippen molar-refractivity contribution in [2.24, 2.45) is 33.9 Å². The second kappa shape index (κ2) is 11.8. The molecule has 2 nitrogen and oxygen atoms in total. The van der Waals surface area contributed by atoms with Crippen LogP contribution in [0.25, 0.3) is 0 Å². The lowest BCUT2D eigenvalue weighted by atomic mass is 9.80. The normalized spacial score (nSPS) is 31.9. The summed E-state index contributed by atoms with van der Waals surface area (Å²) in [5.41, 5.74) is 0. The molecule has 2 rings (SSSR count). The van der Waals surface area contributed by atoms with Gasteiger partial charge in [0.2, 0.25) is 0 Å². The lowest BCUT2D eigenvalue weighted by molar-refractivity contribution is 0.302. The van der Waals surface area contributed by atoms with Gasteiger partial charge < -0.3 is 0 Å². The van der Waals surface area contributed by atoms with Crippen LogP contribution in [0.2, 0.25) is 0 Å². The number of rotatable bonds is 9. The quantitative estimate of drug-likeness (QED) is 0.319. The van der Waals surface area contributed by atoms with Crippen molar-refractivity contribution >= 4 is 12.4 Å². The van der Waals surface area contributed by atoms with Gasteiger partial charge in [-0.1, -0.05) is 52.4 Å². The Morgan fingerprint density at radius 3 is 1.33 bits per heavy atom. The number of unbranched alkanes of at least 4 members (excludes halogenated alkanes) is 2. The van der Waals surface area contributed by atoms with Crippen LogP contribution in [-0.4, -0.2) is 12.4 Å². The first-order valence-electron chi connectivity index (χ1n) is 10.9. The Morgan fingerprint density at radius 1 is 0.625 bits per heavy atom. The molecule has 0 saturated heterocycles. The maximum atomic E-state index is 4.39. The summed E-state index contributed by atoms with van der Waals surface area (Å²) in [5, 5.41) is 8.78. The van der Waals surface area contributed by atoms with Gasteiger partial charge in [-0.05, 0) is 75.0 Å². The molecule has 0 aromatic carbocycles. The van der Waals surface area contributed by atoms with Crippen LogP contribution in [0.1, 0.15) is 104 Å². The van der Waals surface area contributed by atoms with Gasteiger partial charge in [0.1, 0.15) is 0 Å². The highest BCUT2D eigenvalue weighted by Gasteiger charge is 2.20. The highest BCUT2D eigenvalue weighted by Crippen LogP contribution is 2.32. The molecule has 138 valence electrons. The van der Waals surface area contributed by atoms with Gasteiger partial charge in [-0.25, -0.2) is 0 Å². The van der Waals surface area contributed by atoms with Crippen LogP contribution >= 0.6 is 0 Å². The maximum Gasteiger partial charge on any atom is 0.0301 e. The molecule has 0 amide bonds. The first-order chi connectivity index (χ1) is 11.8. The molecule has 0 radical (unpaired) electrons. The average Bonchev–Trinajstić information content (AvgIpc) is 2.64. The molecule has 0 atom stereocenters. The highest BCUT2D eigenvalue weighted by molar-refractivity contribution is 5.64. The summed E-state index contributed by atoms with van der Waals surface area (Å²) in [6.45, 7) is 4.60. The Balaban J connectivity index is 1.58. The Labute approximate surface area is 150 Å². The van der Waals surface area contributed by atoms with Gasteiger partial charge in [0, 0.05) is 12.4 Å². The van der Waals surface area contributed by atoms with Gasteiger partial charge in [0.25, 0.3) is 0 Å². The van der Waals surface area contributed by atoms with E-state index in [4.69, 9.17) is 0 Å². The highest BCUT2D eigenvalue weighted by atomic mass is 15.2. The third kappa shape index (κ3) is 7.49. The van der Waals surface area contributed by atoms with Crippen LogP contribution in [0.4, 0.5) is 0 Å². The van der Waals surface area contributed by atoms with Crippen molar-refractivity contribution in [2.75, 3.05) is 0 Å².